The number of carbonyl (C=O) groups excluding carboxylic acids is 3. The third kappa shape index (κ3) is 4.76. The Balaban J connectivity index is 2.13. The third-order valence-electron chi connectivity index (χ3n) is 3.60. The highest BCUT2D eigenvalue weighted by atomic mass is 32.1. The topological polar surface area (TPSA) is 133 Å². The van der Waals surface area contributed by atoms with E-state index in [9.17, 15) is 24.5 Å². The van der Waals surface area contributed by atoms with E-state index in [0.717, 1.165) is 17.5 Å². The summed E-state index contributed by atoms with van der Waals surface area (Å²) in [6.07, 6.45) is 2.30. The first kappa shape index (κ1) is 20.2. The van der Waals surface area contributed by atoms with Gasteiger partial charge in [-0.15, -0.1) is 11.3 Å². The number of amides is 1. The summed E-state index contributed by atoms with van der Waals surface area (Å²) in [5.74, 6) is -1.25. The largest absolute Gasteiger partial charge is 0.462 e. The number of ketones is 1. The Kier molecular flexibility index (Phi) is 6.40. The van der Waals surface area contributed by atoms with Gasteiger partial charge < -0.3 is 10.1 Å². The Morgan fingerprint density at radius 1 is 1.41 bits per heavy atom. The van der Waals surface area contributed by atoms with Crippen LogP contribution in [0.5, 0.6) is 0 Å². The van der Waals surface area contributed by atoms with Crippen LogP contribution in [-0.4, -0.2) is 39.0 Å². The van der Waals surface area contributed by atoms with Crippen molar-refractivity contribution in [3.63, 3.8) is 0 Å². The molecule has 0 radical (unpaired) electrons. The van der Waals surface area contributed by atoms with Gasteiger partial charge in [-0.1, -0.05) is 0 Å². The van der Waals surface area contributed by atoms with E-state index in [1.54, 1.807) is 13.8 Å². The van der Waals surface area contributed by atoms with E-state index in [4.69, 9.17) is 4.74 Å². The summed E-state index contributed by atoms with van der Waals surface area (Å²) >= 11 is 1.01. The third-order valence-corrected chi connectivity index (χ3v) is 4.91. The minimum Gasteiger partial charge on any atom is -0.462 e. The molecule has 0 saturated heterocycles. The van der Waals surface area contributed by atoms with Crippen LogP contribution in [0.4, 0.5) is 10.7 Å². The number of Topliss-reactive ketones (excluding diaryl/α,β-unsaturated/α-hetero) is 1. The van der Waals surface area contributed by atoms with Gasteiger partial charge in [0, 0.05) is 13.0 Å². The van der Waals surface area contributed by atoms with E-state index in [1.807, 2.05) is 0 Å². The number of hydrogen-bond donors (Lipinski definition) is 1. The number of thiophene rings is 1. The zero-order valence-corrected chi connectivity index (χ0v) is 15.8. The molecule has 144 valence electrons. The van der Waals surface area contributed by atoms with Gasteiger partial charge in [-0.3, -0.25) is 24.4 Å². The summed E-state index contributed by atoms with van der Waals surface area (Å²) in [5, 5.41) is 17.3. The lowest BCUT2D eigenvalue weighted by atomic mass is 10.1. The molecule has 1 amide bonds. The van der Waals surface area contributed by atoms with E-state index in [0.29, 0.717) is 10.4 Å². The van der Waals surface area contributed by atoms with Crippen LogP contribution in [0.2, 0.25) is 0 Å². The summed E-state index contributed by atoms with van der Waals surface area (Å²) in [6.45, 7) is 4.95. The van der Waals surface area contributed by atoms with Crippen LogP contribution in [0.3, 0.4) is 0 Å². The van der Waals surface area contributed by atoms with E-state index >= 15 is 0 Å². The SMILES string of the molecule is CCOC(=O)c1c(NC(=O)CCn2cc([N+](=O)[O-])cn2)sc(C(C)=O)c1C. The number of nitrogens with zero attached hydrogens (tertiary/aromatic N) is 3. The molecule has 2 heterocycles. The van der Waals surface area contributed by atoms with E-state index in [1.165, 1.54) is 17.8 Å². The smallest absolute Gasteiger partial charge is 0.341 e. The second-order valence-corrected chi connectivity index (χ2v) is 6.57. The Bertz CT molecular complexity index is 901. The Morgan fingerprint density at radius 3 is 2.67 bits per heavy atom. The molecule has 0 unspecified atom stereocenters. The number of nitrogens with one attached hydrogen (secondary N) is 1. The Morgan fingerprint density at radius 2 is 2.11 bits per heavy atom. The van der Waals surface area contributed by atoms with Crippen LogP contribution in [-0.2, 0) is 16.1 Å². The van der Waals surface area contributed by atoms with Crippen LogP contribution < -0.4 is 5.32 Å². The summed E-state index contributed by atoms with van der Waals surface area (Å²) in [7, 11) is 0. The molecule has 0 bridgehead atoms. The molecule has 0 saturated carbocycles. The molecule has 0 atom stereocenters. The van der Waals surface area contributed by atoms with Gasteiger partial charge in [0.1, 0.15) is 17.4 Å². The van der Waals surface area contributed by atoms with Crippen LogP contribution >= 0.6 is 11.3 Å². The summed E-state index contributed by atoms with van der Waals surface area (Å²) in [6, 6.07) is 0. The Hall–Kier alpha value is -3.08. The number of esters is 1. The number of nitro groups is 1. The van der Waals surface area contributed by atoms with Crippen LogP contribution in [0, 0.1) is 17.0 Å². The second kappa shape index (κ2) is 8.54. The van der Waals surface area contributed by atoms with Gasteiger partial charge in [-0.05, 0) is 26.3 Å². The summed E-state index contributed by atoms with van der Waals surface area (Å²) in [5.41, 5.74) is 0.457. The van der Waals surface area contributed by atoms with Gasteiger partial charge in [0.05, 0.1) is 22.0 Å². The monoisotopic (exact) mass is 394 g/mol. The fraction of sp³-hybridized carbons (Fsp3) is 0.375. The van der Waals surface area contributed by atoms with Crippen molar-refractivity contribution in [2.45, 2.75) is 33.7 Å². The summed E-state index contributed by atoms with van der Waals surface area (Å²) < 4.78 is 6.29. The molecule has 2 rings (SSSR count). The molecule has 0 aliphatic heterocycles. The number of anilines is 1. The fourth-order valence-corrected chi connectivity index (χ4v) is 3.47. The quantitative estimate of drug-likeness (QED) is 0.315. The predicted molar refractivity (Wildman–Crippen MR) is 97.1 cm³/mol. The number of aromatic nitrogens is 2. The Labute approximate surface area is 158 Å². The van der Waals surface area contributed by atoms with Gasteiger partial charge in [0.15, 0.2) is 5.78 Å². The average Bonchev–Trinajstić information content (AvgIpc) is 3.18. The lowest BCUT2D eigenvalue weighted by Crippen LogP contribution is -2.16. The zero-order valence-electron chi connectivity index (χ0n) is 15.0. The van der Waals surface area contributed by atoms with Crippen molar-refractivity contribution in [3.05, 3.63) is 38.5 Å². The van der Waals surface area contributed by atoms with Crippen molar-refractivity contribution in [2.75, 3.05) is 11.9 Å². The molecule has 2 aromatic rings. The van der Waals surface area contributed by atoms with E-state index in [-0.39, 0.29) is 41.6 Å². The van der Waals surface area contributed by atoms with Crippen molar-refractivity contribution in [1.82, 2.24) is 9.78 Å². The molecule has 11 heteroatoms. The first-order valence-corrected chi connectivity index (χ1v) is 8.84. The van der Waals surface area contributed by atoms with E-state index < -0.39 is 16.8 Å². The molecule has 1 N–H and O–H groups in total. The van der Waals surface area contributed by atoms with Gasteiger partial charge in [0.25, 0.3) is 0 Å². The number of ether oxygens (including phenoxy) is 1. The highest BCUT2D eigenvalue weighted by Gasteiger charge is 2.25. The predicted octanol–water partition coefficient (Wildman–Crippen LogP) is 2.57. The van der Waals surface area contributed by atoms with Crippen molar-refractivity contribution in [1.29, 1.82) is 0 Å². The molecule has 0 spiro atoms. The molecule has 0 aliphatic rings. The molecule has 0 fully saturated rings. The lowest BCUT2D eigenvalue weighted by Gasteiger charge is -2.07. The standard InChI is InChI=1S/C16H18N4O6S/c1-4-26-16(23)13-9(2)14(10(3)21)27-15(13)18-12(22)5-6-19-8-11(7-17-19)20(24)25/h7-8H,4-6H2,1-3H3,(H,18,22). The molecular formula is C16H18N4O6S. The minimum absolute atomic E-state index is 0.0204. The summed E-state index contributed by atoms with van der Waals surface area (Å²) in [4.78, 5) is 46.6. The van der Waals surface area contributed by atoms with Crippen LogP contribution in [0.1, 0.15) is 45.9 Å². The molecule has 2 aromatic heterocycles. The first-order chi connectivity index (χ1) is 12.7. The number of rotatable bonds is 8. The van der Waals surface area contributed by atoms with Crippen molar-refractivity contribution < 1.29 is 24.0 Å². The van der Waals surface area contributed by atoms with Crippen molar-refractivity contribution >= 4 is 39.7 Å². The van der Waals surface area contributed by atoms with Crippen LogP contribution in [0.25, 0.3) is 0 Å². The van der Waals surface area contributed by atoms with Gasteiger partial charge in [-0.25, -0.2) is 4.79 Å². The van der Waals surface area contributed by atoms with E-state index in [2.05, 4.69) is 10.4 Å². The maximum Gasteiger partial charge on any atom is 0.341 e. The molecular weight excluding hydrogens is 376 g/mol. The molecule has 10 nitrogen and oxygen atoms in total. The maximum atomic E-state index is 12.2. The average molecular weight is 394 g/mol. The number of aryl methyl sites for hydroxylation is 1. The number of carbonyl (C=O) groups is 3. The van der Waals surface area contributed by atoms with Crippen molar-refractivity contribution in [3.8, 4) is 0 Å². The fourth-order valence-electron chi connectivity index (χ4n) is 2.36. The lowest BCUT2D eigenvalue weighted by molar-refractivity contribution is -0.385. The number of hydrogen-bond acceptors (Lipinski definition) is 8. The maximum absolute atomic E-state index is 12.2. The highest BCUT2D eigenvalue weighted by Crippen LogP contribution is 2.34. The normalized spacial score (nSPS) is 10.5. The van der Waals surface area contributed by atoms with Gasteiger partial charge in [0.2, 0.25) is 5.91 Å². The van der Waals surface area contributed by atoms with Crippen molar-refractivity contribution in [2.24, 2.45) is 0 Å². The minimum atomic E-state index is -0.614. The second-order valence-electron chi connectivity index (χ2n) is 5.55. The first-order valence-electron chi connectivity index (χ1n) is 8.02. The zero-order chi connectivity index (χ0) is 20.1. The van der Waals surface area contributed by atoms with Gasteiger partial charge in [-0.2, -0.15) is 5.10 Å². The molecule has 27 heavy (non-hydrogen) atoms. The molecule has 0 aromatic carbocycles. The highest BCUT2D eigenvalue weighted by molar-refractivity contribution is 7.18. The molecule has 0 aliphatic carbocycles. The van der Waals surface area contributed by atoms with Gasteiger partial charge >= 0.3 is 11.7 Å². The van der Waals surface area contributed by atoms with Crippen LogP contribution in [0.15, 0.2) is 12.4 Å².